The second kappa shape index (κ2) is 9.42. The zero-order chi connectivity index (χ0) is 22.0. The van der Waals surface area contributed by atoms with Crippen LogP contribution < -0.4 is 0 Å². The van der Waals surface area contributed by atoms with Gasteiger partial charge in [0.2, 0.25) is 5.89 Å². The standard InChI is InChI=1S/C22H22N4O2S3/c1-13-8-19(14(2)26(13)17-6-5-7-18(10-17)29-4)20(27)12-31-22-25-24-21(28-22)9-16-11-30-15(3)23-16/h5-8,10-11H,9,12H2,1-4H3. The smallest absolute Gasteiger partial charge is 0.277 e. The summed E-state index contributed by atoms with van der Waals surface area (Å²) in [5.41, 5.74) is 4.66. The van der Waals surface area contributed by atoms with Crippen molar-refractivity contribution in [2.24, 2.45) is 0 Å². The first-order chi connectivity index (χ1) is 14.9. The van der Waals surface area contributed by atoms with Gasteiger partial charge in [0.25, 0.3) is 5.22 Å². The number of carbonyl (C=O) groups excluding carboxylic acids is 1. The van der Waals surface area contributed by atoms with Gasteiger partial charge in [0.05, 0.1) is 22.9 Å². The number of ketones is 1. The highest BCUT2D eigenvalue weighted by Crippen LogP contribution is 2.26. The largest absolute Gasteiger partial charge is 0.416 e. The molecule has 0 bridgehead atoms. The highest BCUT2D eigenvalue weighted by molar-refractivity contribution is 7.99. The van der Waals surface area contributed by atoms with Gasteiger partial charge in [-0.15, -0.1) is 33.3 Å². The topological polar surface area (TPSA) is 73.8 Å². The van der Waals surface area contributed by atoms with Crippen molar-refractivity contribution in [3.05, 3.63) is 69.3 Å². The Morgan fingerprint density at radius 2 is 2.03 bits per heavy atom. The third kappa shape index (κ3) is 4.94. The predicted molar refractivity (Wildman–Crippen MR) is 126 cm³/mol. The molecule has 1 aromatic carbocycles. The van der Waals surface area contributed by atoms with Crippen LogP contribution in [0, 0.1) is 20.8 Å². The molecular weight excluding hydrogens is 448 g/mol. The molecule has 0 saturated heterocycles. The lowest BCUT2D eigenvalue weighted by Crippen LogP contribution is -2.05. The Morgan fingerprint density at radius 3 is 2.77 bits per heavy atom. The van der Waals surface area contributed by atoms with Crippen LogP contribution in [0.3, 0.4) is 0 Å². The van der Waals surface area contributed by atoms with Crippen molar-refractivity contribution in [2.75, 3.05) is 12.0 Å². The fraction of sp³-hybridized carbons (Fsp3) is 0.273. The number of hydrogen-bond acceptors (Lipinski definition) is 8. The molecule has 0 N–H and O–H groups in total. The molecule has 0 radical (unpaired) electrons. The van der Waals surface area contributed by atoms with E-state index in [0.29, 0.717) is 17.5 Å². The third-order valence-electron chi connectivity index (χ3n) is 4.82. The molecule has 31 heavy (non-hydrogen) atoms. The molecule has 0 aliphatic carbocycles. The number of rotatable bonds is 8. The summed E-state index contributed by atoms with van der Waals surface area (Å²) in [6.07, 6.45) is 2.56. The van der Waals surface area contributed by atoms with E-state index in [4.69, 9.17) is 4.42 Å². The molecule has 0 aliphatic heterocycles. The number of thiazole rings is 1. The van der Waals surface area contributed by atoms with E-state index in [1.54, 1.807) is 23.1 Å². The summed E-state index contributed by atoms with van der Waals surface area (Å²) < 4.78 is 7.81. The lowest BCUT2D eigenvalue weighted by molar-refractivity contribution is 0.102. The lowest BCUT2D eigenvalue weighted by Gasteiger charge is -2.11. The summed E-state index contributed by atoms with van der Waals surface area (Å²) in [7, 11) is 0. The molecule has 0 saturated carbocycles. The minimum Gasteiger partial charge on any atom is -0.416 e. The van der Waals surface area contributed by atoms with Crippen LogP contribution in [-0.4, -0.2) is 37.5 Å². The molecule has 0 unspecified atom stereocenters. The monoisotopic (exact) mass is 470 g/mol. The first kappa shape index (κ1) is 21.9. The van der Waals surface area contributed by atoms with Gasteiger partial charge < -0.3 is 8.98 Å². The Balaban J connectivity index is 1.45. The molecule has 6 nitrogen and oxygen atoms in total. The Bertz CT molecular complexity index is 1230. The van der Waals surface area contributed by atoms with Crippen LogP contribution in [0.1, 0.15) is 38.3 Å². The SMILES string of the molecule is CSc1cccc(-n2c(C)cc(C(=O)CSc3nnc(Cc4csc(C)n4)o3)c2C)c1. The van der Waals surface area contributed by atoms with Crippen molar-refractivity contribution in [3.63, 3.8) is 0 Å². The molecule has 0 fully saturated rings. The van der Waals surface area contributed by atoms with Crippen LogP contribution in [0.15, 0.2) is 50.2 Å². The maximum atomic E-state index is 12.9. The normalized spacial score (nSPS) is 11.2. The van der Waals surface area contributed by atoms with Crippen molar-refractivity contribution >= 4 is 40.6 Å². The van der Waals surface area contributed by atoms with E-state index in [1.807, 2.05) is 38.3 Å². The van der Waals surface area contributed by atoms with E-state index in [-0.39, 0.29) is 11.5 Å². The highest BCUT2D eigenvalue weighted by atomic mass is 32.2. The van der Waals surface area contributed by atoms with Crippen LogP contribution >= 0.6 is 34.9 Å². The number of aryl methyl sites for hydroxylation is 2. The highest BCUT2D eigenvalue weighted by Gasteiger charge is 2.18. The number of thioether (sulfide) groups is 2. The first-order valence-electron chi connectivity index (χ1n) is 9.67. The number of Topliss-reactive ketones (excluding diaryl/α,β-unsaturated/α-hetero) is 1. The maximum absolute atomic E-state index is 12.9. The molecular formula is C22H22N4O2S3. The Labute approximate surface area is 193 Å². The summed E-state index contributed by atoms with van der Waals surface area (Å²) in [6, 6.07) is 10.3. The molecule has 0 amide bonds. The summed E-state index contributed by atoms with van der Waals surface area (Å²) in [5, 5.41) is 11.5. The number of nitrogens with zero attached hydrogens (tertiary/aromatic N) is 4. The quantitative estimate of drug-likeness (QED) is 0.248. The molecule has 160 valence electrons. The Morgan fingerprint density at radius 1 is 1.19 bits per heavy atom. The number of aromatic nitrogens is 4. The van der Waals surface area contributed by atoms with Crippen LogP contribution in [-0.2, 0) is 6.42 Å². The van der Waals surface area contributed by atoms with E-state index in [2.05, 4.69) is 44.2 Å². The molecule has 0 aliphatic rings. The Hall–Kier alpha value is -2.36. The molecule has 4 aromatic rings. The van der Waals surface area contributed by atoms with E-state index >= 15 is 0 Å². The van der Waals surface area contributed by atoms with Gasteiger partial charge in [0, 0.05) is 32.9 Å². The van der Waals surface area contributed by atoms with Crippen LogP contribution in [0.25, 0.3) is 5.69 Å². The summed E-state index contributed by atoms with van der Waals surface area (Å²) in [6.45, 7) is 5.97. The second-order valence-corrected chi connectivity index (χ2v) is 9.90. The minimum atomic E-state index is 0.0419. The molecule has 3 aromatic heterocycles. The number of carbonyl (C=O) groups is 1. The van der Waals surface area contributed by atoms with Gasteiger partial charge in [-0.1, -0.05) is 17.8 Å². The minimum absolute atomic E-state index is 0.0419. The lowest BCUT2D eigenvalue weighted by atomic mass is 10.2. The van der Waals surface area contributed by atoms with Gasteiger partial charge in [-0.25, -0.2) is 4.98 Å². The molecule has 0 spiro atoms. The molecule has 0 atom stereocenters. The summed E-state index contributed by atoms with van der Waals surface area (Å²) in [5.74, 6) is 0.791. The van der Waals surface area contributed by atoms with Crippen molar-refractivity contribution < 1.29 is 9.21 Å². The summed E-state index contributed by atoms with van der Waals surface area (Å²) >= 11 is 4.56. The number of hydrogen-bond donors (Lipinski definition) is 0. The predicted octanol–water partition coefficient (Wildman–Crippen LogP) is 5.53. The second-order valence-electron chi connectivity index (χ2n) is 7.03. The zero-order valence-electron chi connectivity index (χ0n) is 17.7. The average molecular weight is 471 g/mol. The fourth-order valence-corrected chi connectivity index (χ4v) is 5.14. The third-order valence-corrected chi connectivity index (χ3v) is 7.18. The van der Waals surface area contributed by atoms with Gasteiger partial charge >= 0.3 is 0 Å². The van der Waals surface area contributed by atoms with Crippen LogP contribution in [0.4, 0.5) is 0 Å². The van der Waals surface area contributed by atoms with Gasteiger partial charge in [0.1, 0.15) is 0 Å². The van der Waals surface area contributed by atoms with Gasteiger partial charge in [-0.3, -0.25) is 4.79 Å². The average Bonchev–Trinajstić information content (AvgIpc) is 3.46. The maximum Gasteiger partial charge on any atom is 0.277 e. The van der Waals surface area contributed by atoms with E-state index in [0.717, 1.165) is 33.3 Å². The van der Waals surface area contributed by atoms with Crippen molar-refractivity contribution in [3.8, 4) is 5.69 Å². The van der Waals surface area contributed by atoms with Crippen molar-refractivity contribution in [2.45, 2.75) is 37.3 Å². The van der Waals surface area contributed by atoms with Gasteiger partial charge in [-0.2, -0.15) is 0 Å². The van der Waals surface area contributed by atoms with Crippen molar-refractivity contribution in [1.29, 1.82) is 0 Å². The zero-order valence-corrected chi connectivity index (χ0v) is 20.2. The first-order valence-corrected chi connectivity index (χ1v) is 12.8. The fourth-order valence-electron chi connectivity index (χ4n) is 3.41. The van der Waals surface area contributed by atoms with Crippen LogP contribution in [0.2, 0.25) is 0 Å². The Kier molecular flexibility index (Phi) is 6.64. The van der Waals surface area contributed by atoms with Crippen LogP contribution in [0.5, 0.6) is 0 Å². The van der Waals surface area contributed by atoms with Crippen molar-refractivity contribution in [1.82, 2.24) is 19.7 Å². The molecule has 9 heteroatoms. The summed E-state index contributed by atoms with van der Waals surface area (Å²) in [4.78, 5) is 18.5. The molecule has 3 heterocycles. The van der Waals surface area contributed by atoms with E-state index in [9.17, 15) is 4.79 Å². The van der Waals surface area contributed by atoms with E-state index in [1.165, 1.54) is 16.7 Å². The number of benzene rings is 1. The molecule has 4 rings (SSSR count). The van der Waals surface area contributed by atoms with Gasteiger partial charge in [-0.05, 0) is 51.3 Å². The van der Waals surface area contributed by atoms with Gasteiger partial charge in [0.15, 0.2) is 5.78 Å². The van der Waals surface area contributed by atoms with E-state index < -0.39 is 0 Å².